The van der Waals surface area contributed by atoms with Crippen molar-refractivity contribution in [2.45, 2.75) is 12.5 Å². The van der Waals surface area contributed by atoms with Crippen LogP contribution in [-0.4, -0.2) is 58.5 Å². The highest BCUT2D eigenvalue weighted by Gasteiger charge is 2.27. The molecule has 5 nitrogen and oxygen atoms in total. The van der Waals surface area contributed by atoms with Gasteiger partial charge in [-0.3, -0.25) is 9.69 Å². The maximum Gasteiger partial charge on any atom is 0.317 e. The molecular formula is C8H15NO4. The molecule has 76 valence electrons. The zero-order valence-corrected chi connectivity index (χ0v) is 7.39. The maximum atomic E-state index is 10.4. The van der Waals surface area contributed by atoms with Crippen molar-refractivity contribution in [1.29, 1.82) is 0 Å². The molecule has 0 amide bonds. The fourth-order valence-electron chi connectivity index (χ4n) is 1.61. The predicted octanol–water partition coefficient (Wildman–Crippen LogP) is -1.25. The Hall–Kier alpha value is -0.650. The fraction of sp³-hybridized carbons (Fsp3) is 0.875. The van der Waals surface area contributed by atoms with Crippen molar-refractivity contribution in [3.63, 3.8) is 0 Å². The first-order valence-corrected chi connectivity index (χ1v) is 4.36. The van der Waals surface area contributed by atoms with Gasteiger partial charge >= 0.3 is 5.97 Å². The Labute approximate surface area is 76.6 Å². The summed E-state index contributed by atoms with van der Waals surface area (Å²) >= 11 is 0. The van der Waals surface area contributed by atoms with Gasteiger partial charge in [0.05, 0.1) is 12.6 Å². The van der Waals surface area contributed by atoms with E-state index in [4.69, 9.17) is 10.2 Å². The number of nitrogens with zero attached hydrogens (tertiary/aromatic N) is 1. The van der Waals surface area contributed by atoms with Gasteiger partial charge < -0.3 is 15.3 Å². The summed E-state index contributed by atoms with van der Waals surface area (Å²) < 4.78 is 0. The van der Waals surface area contributed by atoms with Crippen LogP contribution in [0.3, 0.4) is 0 Å². The van der Waals surface area contributed by atoms with Gasteiger partial charge in [-0.25, -0.2) is 0 Å². The van der Waals surface area contributed by atoms with Crippen LogP contribution in [-0.2, 0) is 4.79 Å². The average Bonchev–Trinajstić information content (AvgIpc) is 2.07. The Morgan fingerprint density at radius 2 is 2.23 bits per heavy atom. The Balaban J connectivity index is 2.40. The number of carbonyl (C=O) groups is 1. The number of likely N-dealkylation sites (tertiary alicyclic amines) is 1. The normalized spacial score (nSPS) is 30.3. The zero-order chi connectivity index (χ0) is 9.84. The van der Waals surface area contributed by atoms with Gasteiger partial charge in [-0.05, 0) is 6.42 Å². The monoisotopic (exact) mass is 189 g/mol. The summed E-state index contributed by atoms with van der Waals surface area (Å²) in [6.45, 7) is 0.953. The number of aliphatic hydroxyl groups excluding tert-OH is 2. The van der Waals surface area contributed by atoms with E-state index >= 15 is 0 Å². The molecule has 0 radical (unpaired) electrons. The van der Waals surface area contributed by atoms with Crippen LogP contribution in [0.5, 0.6) is 0 Å². The lowest BCUT2D eigenvalue weighted by molar-refractivity contribution is -0.139. The maximum absolute atomic E-state index is 10.4. The van der Waals surface area contributed by atoms with Gasteiger partial charge in [-0.2, -0.15) is 0 Å². The molecular weight excluding hydrogens is 174 g/mol. The number of carboxylic acids is 1. The van der Waals surface area contributed by atoms with Crippen molar-refractivity contribution >= 4 is 5.97 Å². The number of hydrogen-bond donors (Lipinski definition) is 3. The first-order chi connectivity index (χ1) is 6.13. The van der Waals surface area contributed by atoms with Crippen molar-refractivity contribution in [2.75, 3.05) is 26.2 Å². The molecule has 3 N–H and O–H groups in total. The van der Waals surface area contributed by atoms with Crippen LogP contribution >= 0.6 is 0 Å². The number of aliphatic hydroxyl groups is 2. The number of piperidine rings is 1. The summed E-state index contributed by atoms with van der Waals surface area (Å²) in [4.78, 5) is 12.1. The van der Waals surface area contributed by atoms with E-state index in [0.717, 1.165) is 0 Å². The average molecular weight is 189 g/mol. The second kappa shape index (κ2) is 4.55. The van der Waals surface area contributed by atoms with Crippen molar-refractivity contribution in [3.05, 3.63) is 0 Å². The predicted molar refractivity (Wildman–Crippen MR) is 45.3 cm³/mol. The van der Waals surface area contributed by atoms with Crippen molar-refractivity contribution in [3.8, 4) is 0 Å². The minimum Gasteiger partial charge on any atom is -0.480 e. The topological polar surface area (TPSA) is 81.0 Å². The minimum atomic E-state index is -0.868. The van der Waals surface area contributed by atoms with Crippen molar-refractivity contribution < 1.29 is 20.1 Å². The zero-order valence-electron chi connectivity index (χ0n) is 7.39. The molecule has 0 saturated carbocycles. The smallest absolute Gasteiger partial charge is 0.317 e. The first-order valence-electron chi connectivity index (χ1n) is 4.36. The van der Waals surface area contributed by atoms with Crippen LogP contribution < -0.4 is 0 Å². The van der Waals surface area contributed by atoms with E-state index in [1.807, 2.05) is 0 Å². The SMILES string of the molecule is O=C(O)CN1CCC(O)C(CO)C1. The van der Waals surface area contributed by atoms with E-state index in [9.17, 15) is 9.90 Å². The van der Waals surface area contributed by atoms with E-state index in [2.05, 4.69) is 0 Å². The molecule has 0 aromatic carbocycles. The standard InChI is InChI=1S/C8H15NO4/c10-5-6-3-9(4-8(12)13)2-1-7(6)11/h6-7,10-11H,1-5H2,(H,12,13). The third kappa shape index (κ3) is 2.95. The molecule has 1 saturated heterocycles. The van der Waals surface area contributed by atoms with Crippen LogP contribution in [0.15, 0.2) is 0 Å². The Morgan fingerprint density at radius 3 is 2.77 bits per heavy atom. The highest BCUT2D eigenvalue weighted by molar-refractivity contribution is 5.69. The molecule has 1 heterocycles. The van der Waals surface area contributed by atoms with Crippen LogP contribution in [0.1, 0.15) is 6.42 Å². The summed E-state index contributed by atoms with van der Waals surface area (Å²) in [5.74, 6) is -1.07. The molecule has 0 aromatic heterocycles. The van der Waals surface area contributed by atoms with Crippen molar-refractivity contribution in [1.82, 2.24) is 4.90 Å². The highest BCUT2D eigenvalue weighted by Crippen LogP contribution is 2.16. The molecule has 1 rings (SSSR count). The van der Waals surface area contributed by atoms with E-state index in [-0.39, 0.29) is 19.1 Å². The highest BCUT2D eigenvalue weighted by atomic mass is 16.4. The van der Waals surface area contributed by atoms with Crippen LogP contribution in [0.4, 0.5) is 0 Å². The molecule has 0 spiro atoms. The molecule has 1 fully saturated rings. The lowest BCUT2D eigenvalue weighted by Crippen LogP contribution is -2.46. The van der Waals surface area contributed by atoms with Gasteiger partial charge in [-0.1, -0.05) is 0 Å². The van der Waals surface area contributed by atoms with Gasteiger partial charge in [0, 0.05) is 25.6 Å². The minimum absolute atomic E-state index is 0.0107. The van der Waals surface area contributed by atoms with E-state index < -0.39 is 12.1 Å². The summed E-state index contributed by atoms with van der Waals surface area (Å²) in [5, 5.41) is 26.8. The van der Waals surface area contributed by atoms with E-state index in [1.165, 1.54) is 0 Å². The third-order valence-corrected chi connectivity index (χ3v) is 2.37. The van der Waals surface area contributed by atoms with Crippen LogP contribution in [0.25, 0.3) is 0 Å². The summed E-state index contributed by atoms with van der Waals surface area (Å²) in [7, 11) is 0. The summed E-state index contributed by atoms with van der Waals surface area (Å²) in [5.41, 5.74) is 0. The summed E-state index contributed by atoms with van der Waals surface area (Å²) in [6.07, 6.45) is 0.0495. The molecule has 1 aliphatic rings. The number of hydrogen-bond acceptors (Lipinski definition) is 4. The van der Waals surface area contributed by atoms with Gasteiger partial charge in [0.1, 0.15) is 0 Å². The number of rotatable bonds is 3. The second-order valence-corrected chi connectivity index (χ2v) is 3.43. The van der Waals surface area contributed by atoms with Crippen LogP contribution in [0, 0.1) is 5.92 Å². The number of carboxylic acid groups (broad SMARTS) is 1. The lowest BCUT2D eigenvalue weighted by Gasteiger charge is -2.34. The third-order valence-electron chi connectivity index (χ3n) is 2.37. The Kier molecular flexibility index (Phi) is 3.65. The fourth-order valence-corrected chi connectivity index (χ4v) is 1.61. The summed E-state index contributed by atoms with van der Waals surface area (Å²) in [6, 6.07) is 0. The van der Waals surface area contributed by atoms with Gasteiger partial charge in [0.15, 0.2) is 0 Å². The molecule has 2 atom stereocenters. The molecule has 13 heavy (non-hydrogen) atoms. The molecule has 0 aliphatic carbocycles. The first kappa shape index (κ1) is 10.4. The quantitative estimate of drug-likeness (QED) is 0.516. The second-order valence-electron chi connectivity index (χ2n) is 3.43. The van der Waals surface area contributed by atoms with Crippen molar-refractivity contribution in [2.24, 2.45) is 5.92 Å². The van der Waals surface area contributed by atoms with Gasteiger partial charge in [-0.15, -0.1) is 0 Å². The van der Waals surface area contributed by atoms with E-state index in [0.29, 0.717) is 19.5 Å². The number of aliphatic carboxylic acids is 1. The Morgan fingerprint density at radius 1 is 1.54 bits per heavy atom. The molecule has 0 aromatic rings. The Bertz CT molecular complexity index is 185. The molecule has 2 unspecified atom stereocenters. The molecule has 5 heteroatoms. The largest absolute Gasteiger partial charge is 0.480 e. The molecule has 0 bridgehead atoms. The van der Waals surface area contributed by atoms with Gasteiger partial charge in [0.2, 0.25) is 0 Å². The van der Waals surface area contributed by atoms with Crippen LogP contribution in [0.2, 0.25) is 0 Å². The lowest BCUT2D eigenvalue weighted by atomic mass is 9.96. The van der Waals surface area contributed by atoms with E-state index in [1.54, 1.807) is 4.90 Å². The van der Waals surface area contributed by atoms with Gasteiger partial charge in [0.25, 0.3) is 0 Å². The molecule has 1 aliphatic heterocycles.